The first-order valence-corrected chi connectivity index (χ1v) is 8.29. The zero-order valence-corrected chi connectivity index (χ0v) is 14.0. The van der Waals surface area contributed by atoms with E-state index in [9.17, 15) is 4.79 Å². The molecule has 3 aromatic rings. The lowest BCUT2D eigenvalue weighted by molar-refractivity contribution is -0.117. The molecule has 0 aliphatic carbocycles. The molecule has 0 aliphatic heterocycles. The van der Waals surface area contributed by atoms with E-state index in [1.807, 2.05) is 29.6 Å². The second kappa shape index (κ2) is 7.70. The molecule has 3 rings (SSSR count). The topological polar surface area (TPSA) is 61.3 Å². The molecule has 6 heteroatoms. The van der Waals surface area contributed by atoms with Crippen LogP contribution in [0.25, 0.3) is 0 Å². The highest BCUT2D eigenvalue weighted by Crippen LogP contribution is 2.31. The van der Waals surface area contributed by atoms with E-state index >= 15 is 0 Å². The van der Waals surface area contributed by atoms with E-state index in [-0.39, 0.29) is 12.2 Å². The summed E-state index contributed by atoms with van der Waals surface area (Å²) >= 11 is 1.48. The number of pyridine rings is 1. The Bertz CT molecular complexity index is 819. The van der Waals surface area contributed by atoms with Crippen molar-refractivity contribution in [3.63, 3.8) is 0 Å². The SMILES string of the molecule is COc1ccccc1Oc1ncccc1CC(=O)Cc1nccs1. The standard InChI is InChI=1S/C18H16N2O3S/c1-22-15-6-2-3-7-16(15)23-18-13(5-4-8-20-18)11-14(21)12-17-19-9-10-24-17/h2-10H,11-12H2,1H3. The third-order valence-corrected chi connectivity index (χ3v) is 4.12. The van der Waals surface area contributed by atoms with Gasteiger partial charge in [0.1, 0.15) is 5.78 Å². The van der Waals surface area contributed by atoms with Gasteiger partial charge in [0, 0.05) is 29.8 Å². The number of methoxy groups -OCH3 is 1. The quantitative estimate of drug-likeness (QED) is 0.656. The first-order valence-electron chi connectivity index (χ1n) is 7.41. The zero-order chi connectivity index (χ0) is 16.8. The lowest BCUT2D eigenvalue weighted by atomic mass is 10.1. The van der Waals surface area contributed by atoms with Crippen molar-refractivity contribution >= 4 is 17.1 Å². The van der Waals surface area contributed by atoms with E-state index in [1.165, 1.54) is 11.3 Å². The van der Waals surface area contributed by atoms with Crippen LogP contribution in [0.15, 0.2) is 54.2 Å². The smallest absolute Gasteiger partial charge is 0.223 e. The number of para-hydroxylation sites is 2. The van der Waals surface area contributed by atoms with Crippen LogP contribution in [-0.2, 0) is 17.6 Å². The second-order valence-corrected chi connectivity index (χ2v) is 6.02. The fourth-order valence-corrected chi connectivity index (χ4v) is 2.89. The molecule has 5 nitrogen and oxygen atoms in total. The summed E-state index contributed by atoms with van der Waals surface area (Å²) in [5, 5.41) is 2.68. The van der Waals surface area contributed by atoms with E-state index in [1.54, 1.807) is 31.6 Å². The molecule has 0 saturated heterocycles. The number of ketones is 1. The lowest BCUT2D eigenvalue weighted by Gasteiger charge is -2.12. The van der Waals surface area contributed by atoms with Crippen LogP contribution < -0.4 is 9.47 Å². The summed E-state index contributed by atoms with van der Waals surface area (Å²) in [4.78, 5) is 20.7. The Balaban J connectivity index is 1.76. The van der Waals surface area contributed by atoms with Crippen molar-refractivity contribution in [1.29, 1.82) is 0 Å². The van der Waals surface area contributed by atoms with Crippen molar-refractivity contribution in [2.75, 3.05) is 7.11 Å². The summed E-state index contributed by atoms with van der Waals surface area (Å²) in [6.45, 7) is 0. The number of nitrogens with zero attached hydrogens (tertiary/aromatic N) is 2. The Labute approximate surface area is 143 Å². The van der Waals surface area contributed by atoms with Gasteiger partial charge in [-0.3, -0.25) is 4.79 Å². The zero-order valence-electron chi connectivity index (χ0n) is 13.1. The molecule has 24 heavy (non-hydrogen) atoms. The van der Waals surface area contributed by atoms with Gasteiger partial charge in [-0.15, -0.1) is 11.3 Å². The molecule has 0 saturated carbocycles. The first-order chi connectivity index (χ1) is 11.8. The number of rotatable bonds is 7. The Morgan fingerprint density at radius 1 is 1.04 bits per heavy atom. The predicted molar refractivity (Wildman–Crippen MR) is 91.8 cm³/mol. The van der Waals surface area contributed by atoms with Crippen LogP contribution in [0.1, 0.15) is 10.6 Å². The van der Waals surface area contributed by atoms with E-state index < -0.39 is 0 Å². The number of aromatic nitrogens is 2. The van der Waals surface area contributed by atoms with Gasteiger partial charge in [0.05, 0.1) is 18.5 Å². The Morgan fingerprint density at radius 2 is 1.88 bits per heavy atom. The average Bonchev–Trinajstić information content (AvgIpc) is 3.10. The molecule has 1 aromatic carbocycles. The molecule has 122 valence electrons. The molecule has 0 N–H and O–H groups in total. The number of benzene rings is 1. The van der Waals surface area contributed by atoms with Gasteiger partial charge in [-0.05, 0) is 18.2 Å². The number of Topliss-reactive ketones (excluding diaryl/α,β-unsaturated/α-hetero) is 1. The predicted octanol–water partition coefficient (Wildman–Crippen LogP) is 3.69. The van der Waals surface area contributed by atoms with Crippen molar-refractivity contribution in [3.05, 3.63) is 64.7 Å². The summed E-state index contributed by atoms with van der Waals surface area (Å²) in [5.74, 6) is 1.66. The van der Waals surface area contributed by atoms with E-state index in [4.69, 9.17) is 9.47 Å². The maximum absolute atomic E-state index is 12.3. The summed E-state index contributed by atoms with van der Waals surface area (Å²) in [5.41, 5.74) is 0.741. The van der Waals surface area contributed by atoms with Crippen LogP contribution in [0, 0.1) is 0 Å². The fourth-order valence-electron chi connectivity index (χ4n) is 2.24. The lowest BCUT2D eigenvalue weighted by Crippen LogP contribution is -2.08. The Kier molecular flexibility index (Phi) is 5.18. The van der Waals surface area contributed by atoms with Crippen molar-refractivity contribution < 1.29 is 14.3 Å². The molecule has 0 unspecified atom stereocenters. The van der Waals surface area contributed by atoms with Crippen LogP contribution in [0.5, 0.6) is 17.4 Å². The molecular weight excluding hydrogens is 324 g/mol. The maximum Gasteiger partial charge on any atom is 0.223 e. The molecular formula is C18H16N2O3S. The van der Waals surface area contributed by atoms with Crippen molar-refractivity contribution in [2.24, 2.45) is 0 Å². The fraction of sp³-hybridized carbons (Fsp3) is 0.167. The summed E-state index contributed by atoms with van der Waals surface area (Å²) in [6, 6.07) is 11.0. The van der Waals surface area contributed by atoms with E-state index in [2.05, 4.69) is 9.97 Å². The molecule has 0 spiro atoms. The van der Waals surface area contributed by atoms with Gasteiger partial charge in [-0.25, -0.2) is 9.97 Å². The minimum atomic E-state index is 0.0721. The van der Waals surface area contributed by atoms with Crippen LogP contribution in [-0.4, -0.2) is 22.9 Å². The summed E-state index contributed by atoms with van der Waals surface area (Å²) in [7, 11) is 1.58. The van der Waals surface area contributed by atoms with Gasteiger partial charge in [0.25, 0.3) is 0 Å². The molecule has 0 atom stereocenters. The van der Waals surface area contributed by atoms with E-state index in [0.717, 1.165) is 10.6 Å². The van der Waals surface area contributed by atoms with Crippen molar-refractivity contribution in [1.82, 2.24) is 9.97 Å². The monoisotopic (exact) mass is 340 g/mol. The van der Waals surface area contributed by atoms with Gasteiger partial charge in [-0.1, -0.05) is 18.2 Å². The average molecular weight is 340 g/mol. The molecule has 2 heterocycles. The third kappa shape index (κ3) is 3.97. The third-order valence-electron chi connectivity index (χ3n) is 3.35. The normalized spacial score (nSPS) is 10.4. The number of carbonyl (C=O) groups is 1. The van der Waals surface area contributed by atoms with Crippen molar-refractivity contribution in [3.8, 4) is 17.4 Å². The molecule has 0 amide bonds. The van der Waals surface area contributed by atoms with Gasteiger partial charge in [-0.2, -0.15) is 0 Å². The molecule has 0 bridgehead atoms. The number of carbonyl (C=O) groups excluding carboxylic acids is 1. The van der Waals surface area contributed by atoms with Gasteiger partial charge in [0.15, 0.2) is 11.5 Å². The first kappa shape index (κ1) is 16.1. The minimum Gasteiger partial charge on any atom is -0.493 e. The highest BCUT2D eigenvalue weighted by atomic mass is 32.1. The molecule has 2 aromatic heterocycles. The van der Waals surface area contributed by atoms with Crippen molar-refractivity contribution in [2.45, 2.75) is 12.8 Å². The summed E-state index contributed by atoms with van der Waals surface area (Å²) in [6.07, 6.45) is 3.91. The highest BCUT2D eigenvalue weighted by molar-refractivity contribution is 7.09. The van der Waals surface area contributed by atoms with Gasteiger partial charge in [0.2, 0.25) is 5.88 Å². The highest BCUT2D eigenvalue weighted by Gasteiger charge is 2.14. The van der Waals surface area contributed by atoms with Crippen LogP contribution >= 0.6 is 11.3 Å². The van der Waals surface area contributed by atoms with Gasteiger partial charge >= 0.3 is 0 Å². The minimum absolute atomic E-state index is 0.0721. The number of hydrogen-bond donors (Lipinski definition) is 0. The Hall–Kier alpha value is -2.73. The van der Waals surface area contributed by atoms with E-state index in [0.29, 0.717) is 23.8 Å². The largest absolute Gasteiger partial charge is 0.493 e. The van der Waals surface area contributed by atoms with Crippen LogP contribution in [0.4, 0.5) is 0 Å². The maximum atomic E-state index is 12.3. The number of thiazole rings is 1. The van der Waals surface area contributed by atoms with Crippen LogP contribution in [0.2, 0.25) is 0 Å². The Morgan fingerprint density at radius 3 is 2.62 bits per heavy atom. The molecule has 0 aliphatic rings. The second-order valence-electron chi connectivity index (χ2n) is 5.04. The molecule has 0 fully saturated rings. The summed E-state index contributed by atoms with van der Waals surface area (Å²) < 4.78 is 11.1. The number of hydrogen-bond acceptors (Lipinski definition) is 6. The van der Waals surface area contributed by atoms with Crippen LogP contribution in [0.3, 0.4) is 0 Å². The number of ether oxygens (including phenoxy) is 2. The van der Waals surface area contributed by atoms with Gasteiger partial charge < -0.3 is 9.47 Å². The molecule has 0 radical (unpaired) electrons.